The number of hydrogen-bond acceptors (Lipinski definition) is 4. The highest BCUT2D eigenvalue weighted by Crippen LogP contribution is 2.24. The predicted octanol–water partition coefficient (Wildman–Crippen LogP) is 3.80. The smallest absolute Gasteiger partial charge is 0.0737 e. The van der Waals surface area contributed by atoms with Gasteiger partial charge in [-0.2, -0.15) is 0 Å². The number of nitrogens with zero attached hydrogens (tertiary/aromatic N) is 2. The number of halogens is 1. The molecular formula is C18H24ClN3O. The van der Waals surface area contributed by atoms with Crippen molar-refractivity contribution in [3.05, 3.63) is 35.5 Å². The molecule has 1 aromatic heterocycles. The Hall–Kier alpha value is -1.36. The van der Waals surface area contributed by atoms with E-state index >= 15 is 0 Å². The van der Waals surface area contributed by atoms with Gasteiger partial charge < -0.3 is 10.1 Å². The van der Waals surface area contributed by atoms with E-state index in [4.69, 9.17) is 16.3 Å². The highest BCUT2D eigenvalue weighted by molar-refractivity contribution is 6.31. The summed E-state index contributed by atoms with van der Waals surface area (Å²) in [5, 5.41) is 5.36. The molecule has 23 heavy (non-hydrogen) atoms. The Labute approximate surface area is 142 Å². The first kappa shape index (κ1) is 16.5. The molecule has 3 rings (SSSR count). The molecule has 2 atom stereocenters. The van der Waals surface area contributed by atoms with Crippen LogP contribution in [-0.4, -0.2) is 48.3 Å². The Morgan fingerprint density at radius 1 is 1.26 bits per heavy atom. The Morgan fingerprint density at radius 2 is 2.04 bits per heavy atom. The number of ether oxygens (including phenoxy) is 1. The van der Waals surface area contributed by atoms with Crippen LogP contribution >= 0.6 is 11.6 Å². The molecule has 124 valence electrons. The van der Waals surface area contributed by atoms with Gasteiger partial charge in [-0.15, -0.1) is 0 Å². The molecule has 2 aromatic rings. The van der Waals surface area contributed by atoms with Gasteiger partial charge in [0.1, 0.15) is 0 Å². The number of benzene rings is 1. The minimum Gasteiger partial charge on any atom is -0.384 e. The van der Waals surface area contributed by atoms with E-state index in [1.54, 1.807) is 0 Å². The summed E-state index contributed by atoms with van der Waals surface area (Å²) in [6, 6.07) is 7.86. The number of aromatic nitrogens is 1. The Morgan fingerprint density at radius 3 is 2.83 bits per heavy atom. The summed E-state index contributed by atoms with van der Waals surface area (Å²) < 4.78 is 5.77. The molecule has 1 fully saturated rings. The summed E-state index contributed by atoms with van der Waals surface area (Å²) in [4.78, 5) is 6.87. The summed E-state index contributed by atoms with van der Waals surface area (Å²) >= 11 is 6.03. The molecule has 1 aliphatic heterocycles. The molecule has 1 aromatic carbocycles. The van der Waals surface area contributed by atoms with Crippen molar-refractivity contribution in [1.82, 2.24) is 9.88 Å². The minimum absolute atomic E-state index is 0.334. The number of pyridine rings is 1. The molecular weight excluding hydrogens is 310 g/mol. The normalized spacial score (nSPS) is 22.4. The molecule has 0 radical (unpaired) electrons. The highest BCUT2D eigenvalue weighted by Gasteiger charge is 2.21. The lowest BCUT2D eigenvalue weighted by molar-refractivity contribution is -0.0678. The van der Waals surface area contributed by atoms with E-state index in [1.165, 1.54) is 0 Å². The number of anilines is 1. The van der Waals surface area contributed by atoms with Gasteiger partial charge in [0.2, 0.25) is 0 Å². The van der Waals surface area contributed by atoms with Crippen LogP contribution in [0.25, 0.3) is 10.9 Å². The topological polar surface area (TPSA) is 37.4 Å². The second-order valence-corrected chi connectivity index (χ2v) is 6.75. The van der Waals surface area contributed by atoms with Crippen LogP contribution in [0.3, 0.4) is 0 Å². The standard InChI is InChI=1S/C18H24ClN3O/c1-13-11-22(12-14(2)23-13)9-3-7-20-17-6-8-21-18-10-15(19)4-5-16(17)18/h4-6,8,10,13-14H,3,7,9,11-12H2,1-2H3,(H,20,21). The second kappa shape index (κ2) is 7.47. The van der Waals surface area contributed by atoms with Crippen LogP contribution in [0, 0.1) is 0 Å². The third-order valence-corrected chi connectivity index (χ3v) is 4.40. The van der Waals surface area contributed by atoms with Crippen molar-refractivity contribution in [1.29, 1.82) is 0 Å². The van der Waals surface area contributed by atoms with Gasteiger partial charge in [-0.1, -0.05) is 11.6 Å². The van der Waals surface area contributed by atoms with E-state index in [0.29, 0.717) is 12.2 Å². The second-order valence-electron chi connectivity index (χ2n) is 6.32. The molecule has 1 saturated heterocycles. The van der Waals surface area contributed by atoms with Crippen molar-refractivity contribution >= 4 is 28.2 Å². The first-order valence-electron chi connectivity index (χ1n) is 8.28. The number of hydrogen-bond donors (Lipinski definition) is 1. The van der Waals surface area contributed by atoms with Crippen LogP contribution in [0.2, 0.25) is 5.02 Å². The third-order valence-electron chi connectivity index (χ3n) is 4.17. The molecule has 5 heteroatoms. The zero-order valence-corrected chi connectivity index (χ0v) is 14.5. The van der Waals surface area contributed by atoms with Crippen LogP contribution in [0.4, 0.5) is 5.69 Å². The summed E-state index contributed by atoms with van der Waals surface area (Å²) in [5.74, 6) is 0. The van der Waals surface area contributed by atoms with Gasteiger partial charge in [0.15, 0.2) is 0 Å². The fourth-order valence-electron chi connectivity index (χ4n) is 3.27. The molecule has 0 amide bonds. The lowest BCUT2D eigenvalue weighted by Crippen LogP contribution is -2.45. The largest absolute Gasteiger partial charge is 0.384 e. The van der Waals surface area contributed by atoms with Crippen LogP contribution in [0.5, 0.6) is 0 Å². The fraction of sp³-hybridized carbons (Fsp3) is 0.500. The van der Waals surface area contributed by atoms with Gasteiger partial charge in [0, 0.05) is 48.5 Å². The first-order valence-corrected chi connectivity index (χ1v) is 8.65. The third kappa shape index (κ3) is 4.34. The molecule has 0 spiro atoms. The molecule has 1 N–H and O–H groups in total. The SMILES string of the molecule is CC1CN(CCCNc2ccnc3cc(Cl)ccc23)CC(C)O1. The van der Waals surface area contributed by atoms with Crippen molar-refractivity contribution in [2.24, 2.45) is 0 Å². The van der Waals surface area contributed by atoms with Gasteiger partial charge in [-0.05, 0) is 44.5 Å². The number of rotatable bonds is 5. The van der Waals surface area contributed by atoms with Crippen LogP contribution in [0.15, 0.2) is 30.5 Å². The number of morpholine rings is 1. The molecule has 1 aliphatic rings. The van der Waals surface area contributed by atoms with Gasteiger partial charge in [0.05, 0.1) is 17.7 Å². The molecule has 2 unspecified atom stereocenters. The molecule has 0 aliphatic carbocycles. The van der Waals surface area contributed by atoms with E-state index in [0.717, 1.165) is 54.2 Å². The summed E-state index contributed by atoms with van der Waals surface area (Å²) in [6.45, 7) is 8.40. The molecule has 0 bridgehead atoms. The van der Waals surface area contributed by atoms with E-state index in [2.05, 4.69) is 29.0 Å². The van der Waals surface area contributed by atoms with Crippen LogP contribution in [-0.2, 0) is 4.74 Å². The lowest BCUT2D eigenvalue weighted by Gasteiger charge is -2.35. The summed E-state index contributed by atoms with van der Waals surface area (Å²) in [6.07, 6.45) is 3.60. The quantitative estimate of drug-likeness (QED) is 0.844. The Bertz CT molecular complexity index is 654. The Balaban J connectivity index is 1.53. The van der Waals surface area contributed by atoms with Gasteiger partial charge in [-0.25, -0.2) is 0 Å². The summed E-state index contributed by atoms with van der Waals surface area (Å²) in [7, 11) is 0. The lowest BCUT2D eigenvalue weighted by atomic mass is 10.2. The number of nitrogens with one attached hydrogen (secondary N) is 1. The molecule has 4 nitrogen and oxygen atoms in total. The maximum atomic E-state index is 6.03. The average molecular weight is 334 g/mol. The van der Waals surface area contributed by atoms with E-state index in [9.17, 15) is 0 Å². The van der Waals surface area contributed by atoms with E-state index in [1.807, 2.05) is 30.5 Å². The first-order chi connectivity index (χ1) is 11.1. The van der Waals surface area contributed by atoms with Crippen LogP contribution < -0.4 is 5.32 Å². The monoisotopic (exact) mass is 333 g/mol. The van der Waals surface area contributed by atoms with Crippen molar-refractivity contribution in [3.63, 3.8) is 0 Å². The van der Waals surface area contributed by atoms with E-state index in [-0.39, 0.29) is 0 Å². The highest BCUT2D eigenvalue weighted by atomic mass is 35.5. The minimum atomic E-state index is 0.334. The van der Waals surface area contributed by atoms with Gasteiger partial charge in [-0.3, -0.25) is 9.88 Å². The maximum Gasteiger partial charge on any atom is 0.0737 e. The maximum absolute atomic E-state index is 6.03. The predicted molar refractivity (Wildman–Crippen MR) is 96.3 cm³/mol. The van der Waals surface area contributed by atoms with Crippen LogP contribution in [0.1, 0.15) is 20.3 Å². The van der Waals surface area contributed by atoms with Crippen molar-refractivity contribution in [2.45, 2.75) is 32.5 Å². The molecule has 2 heterocycles. The van der Waals surface area contributed by atoms with Crippen molar-refractivity contribution in [2.75, 3.05) is 31.5 Å². The van der Waals surface area contributed by atoms with Gasteiger partial charge in [0.25, 0.3) is 0 Å². The summed E-state index contributed by atoms with van der Waals surface area (Å²) in [5.41, 5.74) is 2.05. The zero-order chi connectivity index (χ0) is 16.2. The zero-order valence-electron chi connectivity index (χ0n) is 13.8. The number of fused-ring (bicyclic) bond motifs is 1. The average Bonchev–Trinajstić information content (AvgIpc) is 2.50. The van der Waals surface area contributed by atoms with Crippen molar-refractivity contribution < 1.29 is 4.74 Å². The van der Waals surface area contributed by atoms with Crippen molar-refractivity contribution in [3.8, 4) is 0 Å². The van der Waals surface area contributed by atoms with E-state index < -0.39 is 0 Å². The van der Waals surface area contributed by atoms with Gasteiger partial charge >= 0.3 is 0 Å². The Kier molecular flexibility index (Phi) is 5.36. The molecule has 0 saturated carbocycles. The fourth-order valence-corrected chi connectivity index (χ4v) is 3.43.